The Bertz CT molecular complexity index is 869. The lowest BCUT2D eigenvalue weighted by Gasteiger charge is -2.25. The molecule has 126 valence electrons. The van der Waals surface area contributed by atoms with Gasteiger partial charge in [0.2, 0.25) is 0 Å². The molecule has 0 fully saturated rings. The predicted octanol–water partition coefficient (Wildman–Crippen LogP) is 6.40. The first kappa shape index (κ1) is 16.6. The molecule has 3 rings (SSSR count). The fourth-order valence-electron chi connectivity index (χ4n) is 2.99. The van der Waals surface area contributed by atoms with Crippen LogP contribution in [0.2, 0.25) is 0 Å². The molecule has 0 aliphatic heterocycles. The zero-order valence-electron chi connectivity index (χ0n) is 15.4. The van der Waals surface area contributed by atoms with Gasteiger partial charge in [-0.25, -0.2) is 0 Å². The zero-order chi connectivity index (χ0) is 17.7. The molecule has 0 bridgehead atoms. The molecular formula is C22H26O2. The summed E-state index contributed by atoms with van der Waals surface area (Å²) in [5.74, 6) is 0.275. The molecule has 0 aliphatic carbocycles. The number of fused-ring (bicyclic) bond motifs is 1. The van der Waals surface area contributed by atoms with Crippen molar-refractivity contribution in [1.82, 2.24) is 0 Å². The van der Waals surface area contributed by atoms with Crippen LogP contribution >= 0.6 is 0 Å². The predicted molar refractivity (Wildman–Crippen MR) is 101 cm³/mol. The Hall–Kier alpha value is -2.22. The van der Waals surface area contributed by atoms with Gasteiger partial charge in [0, 0.05) is 16.5 Å². The van der Waals surface area contributed by atoms with E-state index in [1.54, 1.807) is 12.1 Å². The number of phenolic OH excluding ortho intramolecular Hbond substituents is 1. The molecule has 0 saturated carbocycles. The average Bonchev–Trinajstić information content (AvgIpc) is 2.89. The van der Waals surface area contributed by atoms with E-state index in [4.69, 9.17) is 4.42 Å². The maximum absolute atomic E-state index is 9.55. The highest BCUT2D eigenvalue weighted by Gasteiger charge is 2.25. The van der Waals surface area contributed by atoms with Crippen LogP contribution in [0.3, 0.4) is 0 Å². The maximum atomic E-state index is 9.55. The number of furan rings is 1. The van der Waals surface area contributed by atoms with E-state index < -0.39 is 0 Å². The number of rotatable bonds is 1. The minimum atomic E-state index is 0.00356. The van der Waals surface area contributed by atoms with Crippen LogP contribution < -0.4 is 0 Å². The van der Waals surface area contributed by atoms with Crippen LogP contribution in [-0.4, -0.2) is 5.11 Å². The van der Waals surface area contributed by atoms with Crippen molar-refractivity contribution in [3.05, 3.63) is 53.8 Å². The molecule has 0 saturated heterocycles. The Balaban J connectivity index is 2.33. The molecule has 3 aromatic rings. The lowest BCUT2D eigenvalue weighted by atomic mass is 9.79. The van der Waals surface area contributed by atoms with Gasteiger partial charge in [-0.05, 0) is 40.2 Å². The second-order valence-corrected chi connectivity index (χ2v) is 8.60. The summed E-state index contributed by atoms with van der Waals surface area (Å²) < 4.78 is 6.00. The largest absolute Gasteiger partial charge is 0.508 e. The SMILES string of the molecule is CC(C)(C)c1cc(C(C)(C)C)c2occ(-c3ccc(O)cc3)c2c1. The van der Waals surface area contributed by atoms with Crippen molar-refractivity contribution in [3.63, 3.8) is 0 Å². The quantitative estimate of drug-likeness (QED) is 0.562. The minimum Gasteiger partial charge on any atom is -0.508 e. The van der Waals surface area contributed by atoms with Crippen LogP contribution in [0.25, 0.3) is 22.1 Å². The molecule has 24 heavy (non-hydrogen) atoms. The van der Waals surface area contributed by atoms with Gasteiger partial charge in [0.1, 0.15) is 11.3 Å². The van der Waals surface area contributed by atoms with Crippen molar-refractivity contribution in [2.75, 3.05) is 0 Å². The van der Waals surface area contributed by atoms with Gasteiger partial charge in [-0.3, -0.25) is 0 Å². The molecule has 0 spiro atoms. The molecule has 2 aromatic carbocycles. The first-order valence-corrected chi connectivity index (χ1v) is 8.43. The van der Waals surface area contributed by atoms with Crippen molar-refractivity contribution in [2.24, 2.45) is 0 Å². The van der Waals surface area contributed by atoms with Crippen LogP contribution in [0.4, 0.5) is 0 Å². The van der Waals surface area contributed by atoms with Crippen LogP contribution in [0.5, 0.6) is 5.75 Å². The zero-order valence-corrected chi connectivity index (χ0v) is 15.4. The second-order valence-electron chi connectivity index (χ2n) is 8.60. The summed E-state index contributed by atoms with van der Waals surface area (Å²) in [7, 11) is 0. The van der Waals surface area contributed by atoms with Gasteiger partial charge in [-0.1, -0.05) is 59.7 Å². The average molecular weight is 322 g/mol. The first-order valence-electron chi connectivity index (χ1n) is 8.43. The number of aromatic hydroxyl groups is 1. The summed E-state index contributed by atoms with van der Waals surface area (Å²) in [5.41, 5.74) is 5.69. The van der Waals surface area contributed by atoms with Gasteiger partial charge in [0.05, 0.1) is 6.26 Å². The Morgan fingerprint density at radius 3 is 2.00 bits per heavy atom. The van der Waals surface area contributed by atoms with Gasteiger partial charge < -0.3 is 9.52 Å². The Labute approximate surface area is 144 Å². The summed E-state index contributed by atoms with van der Waals surface area (Å²) >= 11 is 0. The van der Waals surface area contributed by atoms with Gasteiger partial charge in [-0.2, -0.15) is 0 Å². The summed E-state index contributed by atoms with van der Waals surface area (Å²) in [4.78, 5) is 0. The molecule has 0 unspecified atom stereocenters. The van der Waals surface area contributed by atoms with E-state index in [1.807, 2.05) is 18.4 Å². The molecule has 2 heteroatoms. The van der Waals surface area contributed by atoms with E-state index in [0.717, 1.165) is 22.1 Å². The smallest absolute Gasteiger partial charge is 0.138 e. The van der Waals surface area contributed by atoms with E-state index >= 15 is 0 Å². The van der Waals surface area contributed by atoms with Gasteiger partial charge in [0.15, 0.2) is 0 Å². The summed E-state index contributed by atoms with van der Waals surface area (Å²) in [6.45, 7) is 13.4. The Kier molecular flexibility index (Phi) is 3.75. The topological polar surface area (TPSA) is 33.4 Å². The normalized spacial score (nSPS) is 12.8. The van der Waals surface area contributed by atoms with Crippen LogP contribution in [-0.2, 0) is 10.8 Å². The maximum Gasteiger partial charge on any atom is 0.138 e. The fourth-order valence-corrected chi connectivity index (χ4v) is 2.99. The molecule has 1 heterocycles. The van der Waals surface area contributed by atoms with Crippen molar-refractivity contribution < 1.29 is 9.52 Å². The highest BCUT2D eigenvalue weighted by atomic mass is 16.3. The van der Waals surface area contributed by atoms with Crippen LogP contribution in [0.15, 0.2) is 47.1 Å². The number of benzene rings is 2. The van der Waals surface area contributed by atoms with Crippen molar-refractivity contribution in [3.8, 4) is 16.9 Å². The number of hydrogen-bond donors (Lipinski definition) is 1. The highest BCUT2D eigenvalue weighted by Crippen LogP contribution is 2.40. The van der Waals surface area contributed by atoms with Crippen LogP contribution in [0.1, 0.15) is 52.7 Å². The van der Waals surface area contributed by atoms with Crippen molar-refractivity contribution >= 4 is 11.0 Å². The van der Waals surface area contributed by atoms with Crippen molar-refractivity contribution in [2.45, 2.75) is 52.4 Å². The lowest BCUT2D eigenvalue weighted by Crippen LogP contribution is -2.16. The monoisotopic (exact) mass is 322 g/mol. The molecule has 0 amide bonds. The van der Waals surface area contributed by atoms with Gasteiger partial charge in [0.25, 0.3) is 0 Å². The van der Waals surface area contributed by atoms with Crippen LogP contribution in [0, 0.1) is 0 Å². The lowest BCUT2D eigenvalue weighted by molar-refractivity contribution is 0.475. The molecular weight excluding hydrogens is 296 g/mol. The molecule has 1 N–H and O–H groups in total. The van der Waals surface area contributed by atoms with E-state index in [2.05, 4.69) is 53.7 Å². The molecule has 1 aromatic heterocycles. The fraction of sp³-hybridized carbons (Fsp3) is 0.364. The third-order valence-electron chi connectivity index (χ3n) is 4.53. The van der Waals surface area contributed by atoms with Crippen molar-refractivity contribution in [1.29, 1.82) is 0 Å². The van der Waals surface area contributed by atoms with E-state index in [-0.39, 0.29) is 16.6 Å². The standard InChI is InChI=1S/C22H26O2/c1-21(2,3)15-11-17-18(14-7-9-16(23)10-8-14)13-24-20(17)19(12-15)22(4,5)6/h7-13,23H,1-6H3. The Morgan fingerprint density at radius 2 is 1.46 bits per heavy atom. The molecule has 0 radical (unpaired) electrons. The third kappa shape index (κ3) is 2.93. The number of phenols is 1. The summed E-state index contributed by atoms with van der Waals surface area (Å²) in [5, 5.41) is 10.7. The van der Waals surface area contributed by atoms with Gasteiger partial charge in [-0.15, -0.1) is 0 Å². The van der Waals surface area contributed by atoms with E-state index in [9.17, 15) is 5.11 Å². The van der Waals surface area contributed by atoms with Gasteiger partial charge >= 0.3 is 0 Å². The molecule has 0 aliphatic rings. The molecule has 2 nitrogen and oxygen atoms in total. The van der Waals surface area contributed by atoms with E-state index in [1.165, 1.54) is 11.1 Å². The van der Waals surface area contributed by atoms with E-state index in [0.29, 0.717) is 0 Å². The second kappa shape index (κ2) is 5.41. The number of hydrogen-bond acceptors (Lipinski definition) is 2. The summed E-state index contributed by atoms with van der Waals surface area (Å²) in [6.07, 6.45) is 1.83. The Morgan fingerprint density at radius 1 is 0.833 bits per heavy atom. The first-order chi connectivity index (χ1) is 11.1. The minimum absolute atomic E-state index is 0.00356. The highest BCUT2D eigenvalue weighted by molar-refractivity contribution is 5.96. The third-order valence-corrected chi connectivity index (χ3v) is 4.53. The summed E-state index contributed by atoms with van der Waals surface area (Å²) in [6, 6.07) is 11.8. The molecule has 0 atom stereocenters.